The number of hydrogen-bond donors (Lipinski definition) is 3. The highest BCUT2D eigenvalue weighted by Crippen LogP contribution is 2.17. The third-order valence-corrected chi connectivity index (χ3v) is 4.53. The van der Waals surface area contributed by atoms with Gasteiger partial charge in [-0.05, 0) is 50.4 Å². The summed E-state index contributed by atoms with van der Waals surface area (Å²) in [6.45, 7) is 4.67. The van der Waals surface area contributed by atoms with E-state index in [-0.39, 0.29) is 11.8 Å². The summed E-state index contributed by atoms with van der Waals surface area (Å²) in [5, 5.41) is 4.76. The van der Waals surface area contributed by atoms with Gasteiger partial charge in [-0.2, -0.15) is 0 Å². The van der Waals surface area contributed by atoms with E-state index < -0.39 is 6.04 Å². The third-order valence-electron chi connectivity index (χ3n) is 4.53. The largest absolute Gasteiger partial charge is 0.361 e. The first kappa shape index (κ1) is 20.5. The number of aromatic amines is 1. The number of terminal acetylenes is 1. The average molecular weight is 364 g/mol. The van der Waals surface area contributed by atoms with Gasteiger partial charge < -0.3 is 20.9 Å². The van der Waals surface area contributed by atoms with Gasteiger partial charge in [-0.25, -0.2) is 0 Å². The van der Waals surface area contributed by atoms with Gasteiger partial charge in [0.25, 0.3) is 0 Å². The molecule has 4 N–H and O–H groups in total. The first-order valence-electron chi connectivity index (χ1n) is 8.97. The maximum Gasteiger partial charge on any atom is 0.241 e. The number of hydrogen-bond acceptors (Lipinski definition) is 3. The third kappa shape index (κ3) is 5.10. The lowest BCUT2D eigenvalue weighted by Gasteiger charge is -2.19. The smallest absolute Gasteiger partial charge is 0.241 e. The lowest BCUT2D eigenvalue weighted by molar-refractivity contribution is -0.117. The van der Waals surface area contributed by atoms with Crippen LogP contribution in [0.3, 0.4) is 0 Å². The molecule has 1 amide bonds. The molecular formula is C22H28N4O. The SMILES string of the molecule is C#C/C=c1/c([C@H](C)[C@@H](N)C(=O)Nc2cccc(CN(C)C)c2)c[nH]/c1=C/C. The second-order valence-corrected chi connectivity index (χ2v) is 6.91. The first-order valence-corrected chi connectivity index (χ1v) is 8.97. The predicted octanol–water partition coefficient (Wildman–Crippen LogP) is 1.36. The van der Waals surface area contributed by atoms with E-state index >= 15 is 0 Å². The Morgan fingerprint density at radius 2 is 2.19 bits per heavy atom. The molecule has 0 saturated heterocycles. The minimum atomic E-state index is -0.701. The number of nitrogens with one attached hydrogen (secondary N) is 2. The minimum Gasteiger partial charge on any atom is -0.361 e. The molecule has 1 aromatic heterocycles. The van der Waals surface area contributed by atoms with Crippen molar-refractivity contribution in [2.24, 2.45) is 5.73 Å². The van der Waals surface area contributed by atoms with Crippen LogP contribution in [-0.4, -0.2) is 35.9 Å². The van der Waals surface area contributed by atoms with Crippen molar-refractivity contribution in [3.63, 3.8) is 0 Å². The van der Waals surface area contributed by atoms with E-state index in [4.69, 9.17) is 12.2 Å². The van der Waals surface area contributed by atoms with E-state index in [1.54, 1.807) is 6.08 Å². The Bertz CT molecular complexity index is 949. The molecule has 5 heteroatoms. The monoisotopic (exact) mass is 364 g/mol. The number of nitrogens with zero attached hydrogens (tertiary/aromatic N) is 1. The van der Waals surface area contributed by atoms with Gasteiger partial charge in [-0.15, -0.1) is 6.42 Å². The van der Waals surface area contributed by atoms with E-state index in [1.807, 2.05) is 64.5 Å². The molecule has 0 radical (unpaired) electrons. The number of rotatable bonds is 6. The van der Waals surface area contributed by atoms with Crippen LogP contribution in [0, 0.1) is 12.3 Å². The van der Waals surface area contributed by atoms with Gasteiger partial charge in [0.05, 0.1) is 6.04 Å². The normalized spacial score (nSPS) is 14.9. The Hall–Kier alpha value is -2.81. The van der Waals surface area contributed by atoms with Crippen molar-refractivity contribution in [3.05, 3.63) is 52.2 Å². The summed E-state index contributed by atoms with van der Waals surface area (Å²) in [5.41, 5.74) is 9.07. The Kier molecular flexibility index (Phi) is 7.00. The number of benzene rings is 1. The molecule has 0 bridgehead atoms. The number of carbonyl (C=O) groups is 1. The zero-order valence-corrected chi connectivity index (χ0v) is 16.4. The summed E-state index contributed by atoms with van der Waals surface area (Å²) in [4.78, 5) is 18.0. The second kappa shape index (κ2) is 9.22. The van der Waals surface area contributed by atoms with Crippen molar-refractivity contribution in [3.8, 4) is 12.3 Å². The zero-order chi connectivity index (χ0) is 20.0. The summed E-state index contributed by atoms with van der Waals surface area (Å²) in [6, 6.07) is 7.09. The van der Waals surface area contributed by atoms with Crippen molar-refractivity contribution < 1.29 is 4.79 Å². The standard InChI is InChI=1S/C22H28N4O/c1-6-9-18-19(13-24-20(18)7-2)15(3)21(23)22(27)25-17-11-8-10-16(12-17)14-26(4)5/h1,7-13,15,21,24H,14,23H2,2-5H3,(H,25,27)/b18-9-,20-7+/t15-,21+/m0/s1. The van der Waals surface area contributed by atoms with Gasteiger partial charge in [0.15, 0.2) is 0 Å². The minimum absolute atomic E-state index is 0.195. The molecule has 0 fully saturated rings. The topological polar surface area (TPSA) is 74.2 Å². The van der Waals surface area contributed by atoms with Crippen LogP contribution >= 0.6 is 0 Å². The molecule has 2 aromatic rings. The molecule has 5 nitrogen and oxygen atoms in total. The number of anilines is 1. The number of aromatic nitrogens is 1. The molecule has 0 aliphatic heterocycles. The van der Waals surface area contributed by atoms with Crippen molar-refractivity contribution in [1.82, 2.24) is 9.88 Å². The van der Waals surface area contributed by atoms with Gasteiger partial charge in [0, 0.05) is 34.9 Å². The second-order valence-electron chi connectivity index (χ2n) is 6.91. The molecule has 0 aliphatic rings. The maximum absolute atomic E-state index is 12.7. The van der Waals surface area contributed by atoms with Gasteiger partial charge in [-0.3, -0.25) is 4.79 Å². The average Bonchev–Trinajstić information content (AvgIpc) is 3.03. The molecule has 27 heavy (non-hydrogen) atoms. The van der Waals surface area contributed by atoms with Crippen molar-refractivity contribution in [2.45, 2.75) is 32.4 Å². The molecule has 0 saturated carbocycles. The zero-order valence-electron chi connectivity index (χ0n) is 16.4. The fourth-order valence-electron chi connectivity index (χ4n) is 3.09. The van der Waals surface area contributed by atoms with E-state index in [9.17, 15) is 4.79 Å². The van der Waals surface area contributed by atoms with Crippen LogP contribution in [-0.2, 0) is 11.3 Å². The van der Waals surface area contributed by atoms with Crippen molar-refractivity contribution in [2.75, 3.05) is 19.4 Å². The quantitative estimate of drug-likeness (QED) is 0.678. The molecule has 0 spiro atoms. The Morgan fingerprint density at radius 1 is 1.44 bits per heavy atom. The van der Waals surface area contributed by atoms with E-state index in [1.165, 1.54) is 0 Å². The van der Waals surface area contributed by atoms with Crippen LogP contribution < -0.4 is 21.6 Å². The van der Waals surface area contributed by atoms with Gasteiger partial charge in [0.2, 0.25) is 5.91 Å². The summed E-state index contributed by atoms with van der Waals surface area (Å²) < 4.78 is 0. The fourth-order valence-corrected chi connectivity index (χ4v) is 3.09. The summed E-state index contributed by atoms with van der Waals surface area (Å²) >= 11 is 0. The van der Waals surface area contributed by atoms with E-state index in [0.29, 0.717) is 0 Å². The van der Waals surface area contributed by atoms with Crippen LogP contribution in [0.5, 0.6) is 0 Å². The van der Waals surface area contributed by atoms with Crippen LogP contribution in [0.4, 0.5) is 5.69 Å². The van der Waals surface area contributed by atoms with Crippen molar-refractivity contribution >= 4 is 23.7 Å². The Morgan fingerprint density at radius 3 is 2.81 bits per heavy atom. The molecule has 0 aliphatic carbocycles. The lowest BCUT2D eigenvalue weighted by Crippen LogP contribution is -2.41. The number of amides is 1. The van der Waals surface area contributed by atoms with Crippen LogP contribution in [0.15, 0.2) is 30.5 Å². The Labute approximate surface area is 161 Å². The highest BCUT2D eigenvalue weighted by molar-refractivity contribution is 5.95. The van der Waals surface area contributed by atoms with E-state index in [0.717, 1.165) is 33.9 Å². The lowest BCUT2D eigenvalue weighted by atomic mass is 9.94. The fraction of sp³-hybridized carbons (Fsp3) is 0.318. The molecule has 2 atom stereocenters. The molecule has 2 rings (SSSR count). The van der Waals surface area contributed by atoms with Gasteiger partial charge >= 0.3 is 0 Å². The highest BCUT2D eigenvalue weighted by Gasteiger charge is 2.24. The summed E-state index contributed by atoms with van der Waals surface area (Å²) in [7, 11) is 4.01. The van der Waals surface area contributed by atoms with E-state index in [2.05, 4.69) is 21.1 Å². The molecule has 1 heterocycles. The maximum atomic E-state index is 12.7. The van der Waals surface area contributed by atoms with Gasteiger partial charge in [0.1, 0.15) is 0 Å². The number of carbonyl (C=O) groups excluding carboxylic acids is 1. The molecule has 1 aromatic carbocycles. The predicted molar refractivity (Wildman–Crippen MR) is 112 cm³/mol. The van der Waals surface area contributed by atoms with Crippen LogP contribution in [0.2, 0.25) is 0 Å². The summed E-state index contributed by atoms with van der Waals surface area (Å²) in [5.74, 6) is 2.14. The highest BCUT2D eigenvalue weighted by atomic mass is 16.2. The number of H-pyrrole nitrogens is 1. The van der Waals surface area contributed by atoms with Crippen LogP contribution in [0.1, 0.15) is 30.9 Å². The van der Waals surface area contributed by atoms with Gasteiger partial charge in [-0.1, -0.05) is 31.1 Å². The van der Waals surface area contributed by atoms with Crippen LogP contribution in [0.25, 0.3) is 12.2 Å². The van der Waals surface area contributed by atoms with Crippen molar-refractivity contribution in [1.29, 1.82) is 0 Å². The summed E-state index contributed by atoms with van der Waals surface area (Å²) in [6.07, 6.45) is 11.0. The first-order chi connectivity index (χ1) is 12.9. The molecule has 142 valence electrons. The molecule has 0 unspecified atom stereocenters. The molecular weight excluding hydrogens is 336 g/mol. The Balaban J connectivity index is 2.20. The number of nitrogens with two attached hydrogens (primary N) is 1.